The first-order chi connectivity index (χ1) is 10.8. The first-order valence-electron chi connectivity index (χ1n) is 8.19. The molecule has 0 aromatic heterocycles. The smallest absolute Gasteiger partial charge is 0.0456 e. The maximum absolute atomic E-state index is 9.16. The number of hydrogen-bond acceptors (Lipinski definition) is 2. The molecule has 0 bridgehead atoms. The SMILES string of the molecule is C[C@@H](CO)CCCN(Cc1ccccc1)Cc1ccccc1. The zero-order valence-electron chi connectivity index (χ0n) is 13.5. The monoisotopic (exact) mass is 297 g/mol. The van der Waals surface area contributed by atoms with Crippen LogP contribution in [0.4, 0.5) is 0 Å². The standard InChI is InChI=1S/C20H27NO/c1-18(17-22)9-8-14-21(15-19-10-4-2-5-11-19)16-20-12-6-3-7-13-20/h2-7,10-13,18,22H,8-9,14-17H2,1H3/t18-/m1/s1. The summed E-state index contributed by atoms with van der Waals surface area (Å²) < 4.78 is 0. The van der Waals surface area contributed by atoms with Crippen LogP contribution in [-0.2, 0) is 13.1 Å². The topological polar surface area (TPSA) is 23.5 Å². The Kier molecular flexibility index (Phi) is 7.14. The second kappa shape index (κ2) is 9.39. The van der Waals surface area contributed by atoms with Crippen molar-refractivity contribution < 1.29 is 5.11 Å². The predicted octanol–water partition coefficient (Wildman–Crippen LogP) is 4.10. The number of aliphatic hydroxyl groups excluding tert-OH is 1. The van der Waals surface area contributed by atoms with E-state index in [1.54, 1.807) is 0 Å². The summed E-state index contributed by atoms with van der Waals surface area (Å²) in [6.45, 7) is 5.41. The predicted molar refractivity (Wildman–Crippen MR) is 92.5 cm³/mol. The van der Waals surface area contributed by atoms with Gasteiger partial charge in [0.25, 0.3) is 0 Å². The lowest BCUT2D eigenvalue weighted by molar-refractivity contribution is 0.208. The number of benzene rings is 2. The summed E-state index contributed by atoms with van der Waals surface area (Å²) in [5.41, 5.74) is 2.71. The Morgan fingerprint density at radius 1 is 0.864 bits per heavy atom. The second-order valence-corrected chi connectivity index (χ2v) is 6.11. The van der Waals surface area contributed by atoms with Gasteiger partial charge in [0, 0.05) is 19.7 Å². The van der Waals surface area contributed by atoms with E-state index in [9.17, 15) is 0 Å². The molecule has 1 atom stereocenters. The summed E-state index contributed by atoms with van der Waals surface area (Å²) in [7, 11) is 0. The molecular weight excluding hydrogens is 270 g/mol. The lowest BCUT2D eigenvalue weighted by Gasteiger charge is -2.23. The molecule has 1 N–H and O–H groups in total. The van der Waals surface area contributed by atoms with E-state index in [2.05, 4.69) is 72.5 Å². The molecular formula is C20H27NO. The Hall–Kier alpha value is -1.64. The Bertz CT molecular complexity index is 470. The van der Waals surface area contributed by atoms with Crippen molar-refractivity contribution in [3.63, 3.8) is 0 Å². The minimum atomic E-state index is 0.289. The maximum Gasteiger partial charge on any atom is 0.0456 e. The summed E-state index contributed by atoms with van der Waals surface area (Å²) >= 11 is 0. The molecule has 0 heterocycles. The highest BCUT2D eigenvalue weighted by Crippen LogP contribution is 2.12. The highest BCUT2D eigenvalue weighted by atomic mass is 16.3. The lowest BCUT2D eigenvalue weighted by Crippen LogP contribution is -2.24. The molecule has 118 valence electrons. The number of hydrogen-bond donors (Lipinski definition) is 1. The lowest BCUT2D eigenvalue weighted by atomic mass is 10.1. The fourth-order valence-electron chi connectivity index (χ4n) is 2.65. The zero-order chi connectivity index (χ0) is 15.6. The maximum atomic E-state index is 9.16. The second-order valence-electron chi connectivity index (χ2n) is 6.11. The van der Waals surface area contributed by atoms with E-state index in [1.807, 2.05) is 0 Å². The minimum absolute atomic E-state index is 0.289. The van der Waals surface area contributed by atoms with Gasteiger partial charge in [0.1, 0.15) is 0 Å². The molecule has 0 saturated carbocycles. The third kappa shape index (κ3) is 6.00. The fourth-order valence-corrected chi connectivity index (χ4v) is 2.65. The molecule has 0 aliphatic carbocycles. The number of nitrogens with zero attached hydrogens (tertiary/aromatic N) is 1. The van der Waals surface area contributed by atoms with Gasteiger partial charge in [0.15, 0.2) is 0 Å². The fraction of sp³-hybridized carbons (Fsp3) is 0.400. The van der Waals surface area contributed by atoms with Crippen LogP contribution in [0.2, 0.25) is 0 Å². The van der Waals surface area contributed by atoms with Crippen molar-refractivity contribution in [1.82, 2.24) is 4.90 Å². The van der Waals surface area contributed by atoms with Crippen molar-refractivity contribution in [2.75, 3.05) is 13.2 Å². The van der Waals surface area contributed by atoms with E-state index < -0.39 is 0 Å². The van der Waals surface area contributed by atoms with E-state index in [1.165, 1.54) is 11.1 Å². The Morgan fingerprint density at radius 3 is 1.82 bits per heavy atom. The minimum Gasteiger partial charge on any atom is -0.396 e. The summed E-state index contributed by atoms with van der Waals surface area (Å²) in [4.78, 5) is 2.49. The van der Waals surface area contributed by atoms with Crippen LogP contribution in [0.25, 0.3) is 0 Å². The highest BCUT2D eigenvalue weighted by Gasteiger charge is 2.08. The van der Waals surface area contributed by atoms with E-state index in [0.717, 1.165) is 32.5 Å². The molecule has 0 aliphatic heterocycles. The van der Waals surface area contributed by atoms with Gasteiger partial charge in [0.2, 0.25) is 0 Å². The van der Waals surface area contributed by atoms with Crippen molar-refractivity contribution in [3.8, 4) is 0 Å². The molecule has 0 saturated heterocycles. The van der Waals surface area contributed by atoms with Gasteiger partial charge in [-0.2, -0.15) is 0 Å². The van der Waals surface area contributed by atoms with E-state index >= 15 is 0 Å². The summed E-state index contributed by atoms with van der Waals surface area (Å²) in [6, 6.07) is 21.3. The largest absolute Gasteiger partial charge is 0.396 e. The molecule has 0 unspecified atom stereocenters. The Morgan fingerprint density at radius 2 is 1.36 bits per heavy atom. The highest BCUT2D eigenvalue weighted by molar-refractivity contribution is 5.17. The van der Waals surface area contributed by atoms with Gasteiger partial charge in [-0.25, -0.2) is 0 Å². The van der Waals surface area contributed by atoms with E-state index in [-0.39, 0.29) is 6.61 Å². The molecule has 2 rings (SSSR count). The molecule has 0 amide bonds. The molecule has 2 aromatic carbocycles. The molecule has 2 aromatic rings. The Balaban J connectivity index is 1.94. The first-order valence-corrected chi connectivity index (χ1v) is 8.19. The summed E-state index contributed by atoms with van der Waals surface area (Å²) in [5.74, 6) is 0.398. The molecule has 22 heavy (non-hydrogen) atoms. The van der Waals surface area contributed by atoms with E-state index in [4.69, 9.17) is 5.11 Å². The van der Waals surface area contributed by atoms with Crippen LogP contribution in [0.3, 0.4) is 0 Å². The molecule has 2 heteroatoms. The quantitative estimate of drug-likeness (QED) is 0.753. The summed E-state index contributed by atoms with van der Waals surface area (Å²) in [6.07, 6.45) is 2.21. The van der Waals surface area contributed by atoms with Gasteiger partial charge in [-0.15, -0.1) is 0 Å². The van der Waals surface area contributed by atoms with Crippen molar-refractivity contribution >= 4 is 0 Å². The average Bonchev–Trinajstić information content (AvgIpc) is 2.56. The molecule has 0 aliphatic rings. The van der Waals surface area contributed by atoms with Crippen LogP contribution in [0, 0.1) is 5.92 Å². The average molecular weight is 297 g/mol. The van der Waals surface area contributed by atoms with Crippen LogP contribution in [0.5, 0.6) is 0 Å². The zero-order valence-corrected chi connectivity index (χ0v) is 13.5. The van der Waals surface area contributed by atoms with Crippen molar-refractivity contribution in [2.24, 2.45) is 5.92 Å². The van der Waals surface area contributed by atoms with Gasteiger partial charge < -0.3 is 5.11 Å². The van der Waals surface area contributed by atoms with Crippen molar-refractivity contribution in [2.45, 2.75) is 32.9 Å². The number of aliphatic hydroxyl groups is 1. The van der Waals surface area contributed by atoms with Crippen LogP contribution < -0.4 is 0 Å². The van der Waals surface area contributed by atoms with Crippen molar-refractivity contribution in [1.29, 1.82) is 0 Å². The summed E-state index contributed by atoms with van der Waals surface area (Å²) in [5, 5.41) is 9.16. The van der Waals surface area contributed by atoms with Gasteiger partial charge in [-0.05, 0) is 36.4 Å². The van der Waals surface area contributed by atoms with Gasteiger partial charge in [-0.3, -0.25) is 4.90 Å². The molecule has 0 radical (unpaired) electrons. The van der Waals surface area contributed by atoms with Gasteiger partial charge in [-0.1, -0.05) is 67.6 Å². The van der Waals surface area contributed by atoms with Gasteiger partial charge in [0.05, 0.1) is 0 Å². The first kappa shape index (κ1) is 16.7. The van der Waals surface area contributed by atoms with Crippen LogP contribution in [-0.4, -0.2) is 23.2 Å². The van der Waals surface area contributed by atoms with E-state index in [0.29, 0.717) is 5.92 Å². The Labute approximate surface area is 134 Å². The molecule has 2 nitrogen and oxygen atoms in total. The van der Waals surface area contributed by atoms with Crippen molar-refractivity contribution in [3.05, 3.63) is 71.8 Å². The molecule has 0 fully saturated rings. The van der Waals surface area contributed by atoms with Crippen LogP contribution in [0.1, 0.15) is 30.9 Å². The van der Waals surface area contributed by atoms with Crippen LogP contribution >= 0.6 is 0 Å². The van der Waals surface area contributed by atoms with Gasteiger partial charge >= 0.3 is 0 Å². The molecule has 0 spiro atoms. The van der Waals surface area contributed by atoms with Crippen LogP contribution in [0.15, 0.2) is 60.7 Å². The third-order valence-corrected chi connectivity index (χ3v) is 3.98. The third-order valence-electron chi connectivity index (χ3n) is 3.98. The number of rotatable bonds is 9. The normalized spacial score (nSPS) is 12.5.